The summed E-state index contributed by atoms with van der Waals surface area (Å²) in [6.07, 6.45) is 0.567. The van der Waals surface area contributed by atoms with Gasteiger partial charge in [0.2, 0.25) is 5.91 Å². The van der Waals surface area contributed by atoms with E-state index in [0.717, 1.165) is 28.3 Å². The van der Waals surface area contributed by atoms with Gasteiger partial charge in [-0.1, -0.05) is 0 Å². The number of fused-ring (bicyclic) bond motifs is 1. The fourth-order valence-electron chi connectivity index (χ4n) is 2.74. The SMILES string of the molecule is CCNC(=O)CNC(=O)COC(=O)CCc1c(C)nc2cc(C)nn2c1C. The van der Waals surface area contributed by atoms with Gasteiger partial charge < -0.3 is 15.4 Å². The fraction of sp³-hybridized carbons (Fsp3) is 0.500. The first-order valence-corrected chi connectivity index (χ1v) is 8.83. The van der Waals surface area contributed by atoms with Crippen molar-refractivity contribution in [2.45, 2.75) is 40.5 Å². The number of likely N-dealkylation sites (N-methyl/N-ethyl adjacent to an activating group) is 1. The molecule has 0 aliphatic heterocycles. The Hall–Kier alpha value is -2.97. The third-order valence-electron chi connectivity index (χ3n) is 4.05. The third-order valence-corrected chi connectivity index (χ3v) is 4.05. The number of hydrogen-bond donors (Lipinski definition) is 2. The highest BCUT2D eigenvalue weighted by Gasteiger charge is 2.14. The second-order valence-electron chi connectivity index (χ2n) is 6.21. The fourth-order valence-corrected chi connectivity index (χ4v) is 2.74. The van der Waals surface area contributed by atoms with E-state index in [9.17, 15) is 14.4 Å². The van der Waals surface area contributed by atoms with Gasteiger partial charge in [-0.25, -0.2) is 9.50 Å². The topological polar surface area (TPSA) is 115 Å². The summed E-state index contributed by atoms with van der Waals surface area (Å²) in [5.74, 6) is -1.30. The van der Waals surface area contributed by atoms with Gasteiger partial charge >= 0.3 is 5.97 Å². The molecule has 2 rings (SSSR count). The van der Waals surface area contributed by atoms with Crippen LogP contribution < -0.4 is 10.6 Å². The monoisotopic (exact) mass is 375 g/mol. The Bertz CT molecular complexity index is 859. The van der Waals surface area contributed by atoms with Gasteiger partial charge in [0.15, 0.2) is 12.3 Å². The zero-order chi connectivity index (χ0) is 20.0. The van der Waals surface area contributed by atoms with Crippen molar-refractivity contribution in [1.29, 1.82) is 0 Å². The molecule has 0 spiro atoms. The van der Waals surface area contributed by atoms with E-state index in [2.05, 4.69) is 20.7 Å². The molecule has 0 saturated carbocycles. The van der Waals surface area contributed by atoms with Crippen molar-refractivity contribution in [1.82, 2.24) is 25.2 Å². The van der Waals surface area contributed by atoms with Crippen molar-refractivity contribution >= 4 is 23.4 Å². The molecular weight excluding hydrogens is 350 g/mol. The van der Waals surface area contributed by atoms with Crippen LogP contribution in [0.3, 0.4) is 0 Å². The first-order valence-electron chi connectivity index (χ1n) is 8.83. The summed E-state index contributed by atoms with van der Waals surface area (Å²) in [5.41, 5.74) is 4.35. The molecule has 0 unspecified atom stereocenters. The molecule has 9 heteroatoms. The molecule has 0 saturated heterocycles. The Balaban J connectivity index is 1.84. The molecule has 2 heterocycles. The maximum Gasteiger partial charge on any atom is 0.306 e. The summed E-state index contributed by atoms with van der Waals surface area (Å²) in [4.78, 5) is 39.3. The van der Waals surface area contributed by atoms with Crippen LogP contribution in [0.15, 0.2) is 6.07 Å². The van der Waals surface area contributed by atoms with E-state index in [1.54, 1.807) is 11.4 Å². The molecule has 146 valence electrons. The molecule has 0 aliphatic carbocycles. The summed E-state index contributed by atoms with van der Waals surface area (Å²) >= 11 is 0. The number of rotatable bonds is 8. The van der Waals surface area contributed by atoms with Gasteiger partial charge in [-0.3, -0.25) is 14.4 Å². The van der Waals surface area contributed by atoms with E-state index in [1.807, 2.05) is 26.8 Å². The minimum absolute atomic E-state index is 0.124. The van der Waals surface area contributed by atoms with Crippen molar-refractivity contribution in [3.63, 3.8) is 0 Å². The normalized spacial score (nSPS) is 10.7. The number of aromatic nitrogens is 3. The molecule has 2 aromatic heterocycles. The first kappa shape index (κ1) is 20.3. The average Bonchev–Trinajstić information content (AvgIpc) is 2.98. The van der Waals surface area contributed by atoms with Crippen LogP contribution in [0.2, 0.25) is 0 Å². The van der Waals surface area contributed by atoms with Crippen LogP contribution in [-0.4, -0.2) is 52.1 Å². The Labute approximate surface area is 157 Å². The van der Waals surface area contributed by atoms with E-state index in [-0.39, 0.29) is 18.9 Å². The van der Waals surface area contributed by atoms with Crippen LogP contribution >= 0.6 is 0 Å². The van der Waals surface area contributed by atoms with Gasteiger partial charge in [0.05, 0.1) is 12.2 Å². The molecule has 2 N–H and O–H groups in total. The largest absolute Gasteiger partial charge is 0.456 e. The quantitative estimate of drug-likeness (QED) is 0.645. The van der Waals surface area contributed by atoms with Crippen LogP contribution in [-0.2, 0) is 25.5 Å². The number of amides is 2. The molecule has 0 radical (unpaired) electrons. The molecule has 2 aromatic rings. The summed E-state index contributed by atoms with van der Waals surface area (Å²) < 4.78 is 6.73. The Morgan fingerprint density at radius 2 is 1.89 bits per heavy atom. The lowest BCUT2D eigenvalue weighted by molar-refractivity contribution is -0.148. The smallest absolute Gasteiger partial charge is 0.306 e. The van der Waals surface area contributed by atoms with Gasteiger partial charge in [-0.05, 0) is 39.7 Å². The van der Waals surface area contributed by atoms with Crippen LogP contribution in [0.5, 0.6) is 0 Å². The number of carbonyl (C=O) groups excluding carboxylic acids is 3. The number of carbonyl (C=O) groups is 3. The van der Waals surface area contributed by atoms with E-state index < -0.39 is 18.5 Å². The van der Waals surface area contributed by atoms with Crippen LogP contribution in [0.4, 0.5) is 0 Å². The minimum Gasteiger partial charge on any atom is -0.456 e. The maximum absolute atomic E-state index is 11.9. The lowest BCUT2D eigenvalue weighted by Gasteiger charge is -2.11. The summed E-state index contributed by atoms with van der Waals surface area (Å²) in [6.45, 7) is 7.45. The number of esters is 1. The first-order chi connectivity index (χ1) is 12.8. The van der Waals surface area contributed by atoms with Gasteiger partial charge in [-0.2, -0.15) is 5.10 Å². The lowest BCUT2D eigenvalue weighted by atomic mass is 10.1. The highest BCUT2D eigenvalue weighted by Crippen LogP contribution is 2.17. The summed E-state index contributed by atoms with van der Waals surface area (Å²) in [7, 11) is 0. The van der Waals surface area contributed by atoms with Gasteiger partial charge in [0.1, 0.15) is 0 Å². The molecule has 0 bridgehead atoms. The van der Waals surface area contributed by atoms with Crippen molar-refractivity contribution in [3.05, 3.63) is 28.7 Å². The highest BCUT2D eigenvalue weighted by molar-refractivity contribution is 5.86. The highest BCUT2D eigenvalue weighted by atomic mass is 16.5. The third kappa shape index (κ3) is 5.50. The number of nitrogens with zero attached hydrogens (tertiary/aromatic N) is 3. The summed E-state index contributed by atoms with van der Waals surface area (Å²) in [6, 6.07) is 1.90. The van der Waals surface area contributed by atoms with Crippen LogP contribution in [0.25, 0.3) is 5.65 Å². The molecule has 2 amide bonds. The van der Waals surface area contributed by atoms with Crippen molar-refractivity contribution in [2.24, 2.45) is 0 Å². The number of ether oxygens (including phenoxy) is 1. The van der Waals surface area contributed by atoms with Gasteiger partial charge in [0.25, 0.3) is 5.91 Å². The standard InChI is InChI=1S/C18H25N5O4/c1-5-19-16(24)9-20-17(25)10-27-18(26)7-6-14-12(3)21-15-8-11(2)22-23(15)13(14)4/h8H,5-7,9-10H2,1-4H3,(H,19,24)(H,20,25). The second kappa shape index (κ2) is 9.11. The lowest BCUT2D eigenvalue weighted by Crippen LogP contribution is -2.38. The Kier molecular flexibility index (Phi) is 6.86. The molecule has 0 atom stereocenters. The molecule has 27 heavy (non-hydrogen) atoms. The molecule has 0 fully saturated rings. The predicted molar refractivity (Wildman–Crippen MR) is 98.2 cm³/mol. The van der Waals surface area contributed by atoms with Crippen molar-refractivity contribution in [2.75, 3.05) is 19.7 Å². The van der Waals surface area contributed by atoms with Crippen molar-refractivity contribution in [3.8, 4) is 0 Å². The van der Waals surface area contributed by atoms with E-state index >= 15 is 0 Å². The van der Waals surface area contributed by atoms with Crippen molar-refractivity contribution < 1.29 is 19.1 Å². The van der Waals surface area contributed by atoms with Crippen LogP contribution in [0, 0.1) is 20.8 Å². The zero-order valence-corrected chi connectivity index (χ0v) is 16.1. The second-order valence-corrected chi connectivity index (χ2v) is 6.21. The predicted octanol–water partition coefficient (Wildman–Crippen LogP) is 0.383. The van der Waals surface area contributed by atoms with Crippen LogP contribution in [0.1, 0.15) is 36.0 Å². The number of aryl methyl sites for hydroxylation is 3. The Morgan fingerprint density at radius 1 is 1.15 bits per heavy atom. The average molecular weight is 375 g/mol. The molecule has 0 aliphatic rings. The molecule has 0 aromatic carbocycles. The zero-order valence-electron chi connectivity index (χ0n) is 16.1. The number of hydrogen-bond acceptors (Lipinski definition) is 6. The molecular formula is C18H25N5O4. The maximum atomic E-state index is 11.9. The van der Waals surface area contributed by atoms with E-state index in [0.29, 0.717) is 13.0 Å². The van der Waals surface area contributed by atoms with Gasteiger partial charge in [-0.15, -0.1) is 0 Å². The minimum atomic E-state index is -0.517. The summed E-state index contributed by atoms with van der Waals surface area (Å²) in [5, 5.41) is 9.34. The Morgan fingerprint density at radius 3 is 2.59 bits per heavy atom. The van der Waals surface area contributed by atoms with E-state index in [1.165, 1.54) is 0 Å². The van der Waals surface area contributed by atoms with E-state index in [4.69, 9.17) is 4.74 Å². The number of nitrogens with one attached hydrogen (secondary N) is 2. The molecule has 9 nitrogen and oxygen atoms in total. The van der Waals surface area contributed by atoms with Gasteiger partial charge in [0, 0.05) is 30.4 Å².